The highest BCUT2D eigenvalue weighted by Crippen LogP contribution is 2.16. The predicted octanol–water partition coefficient (Wildman–Crippen LogP) is 5.14. The third-order valence-corrected chi connectivity index (χ3v) is 5.00. The van der Waals surface area contributed by atoms with Crippen molar-refractivity contribution in [2.75, 3.05) is 19.6 Å². The van der Waals surface area contributed by atoms with Crippen LogP contribution in [0.3, 0.4) is 0 Å². The largest absolute Gasteiger partial charge is 0.329 e. The van der Waals surface area contributed by atoms with Gasteiger partial charge in [0.25, 0.3) is 0 Å². The molecule has 136 valence electrons. The van der Waals surface area contributed by atoms with E-state index < -0.39 is 0 Å². The van der Waals surface area contributed by atoms with Gasteiger partial charge in [-0.05, 0) is 12.8 Å². The molecule has 1 rings (SSSR count). The van der Waals surface area contributed by atoms with E-state index in [1.54, 1.807) is 0 Å². The molecule has 1 heterocycles. The second-order valence-electron chi connectivity index (χ2n) is 7.13. The lowest BCUT2D eigenvalue weighted by Crippen LogP contribution is -2.34. The second kappa shape index (κ2) is 15.1. The molecular weight excluding hydrogens is 282 g/mol. The molecule has 3 heteroatoms. The first kappa shape index (κ1) is 20.6. The van der Waals surface area contributed by atoms with Crippen molar-refractivity contribution in [2.24, 2.45) is 10.7 Å². The maximum absolute atomic E-state index is 5.65. The van der Waals surface area contributed by atoms with Gasteiger partial charge in [-0.2, -0.15) is 0 Å². The molecule has 0 aromatic heterocycles. The topological polar surface area (TPSA) is 41.6 Å². The first-order valence-electron chi connectivity index (χ1n) is 10.3. The molecule has 1 aliphatic rings. The molecule has 1 unspecified atom stereocenters. The van der Waals surface area contributed by atoms with E-state index in [0.717, 1.165) is 19.6 Å². The third-order valence-electron chi connectivity index (χ3n) is 5.00. The summed E-state index contributed by atoms with van der Waals surface area (Å²) in [7, 11) is 0. The summed E-state index contributed by atoms with van der Waals surface area (Å²) in [4.78, 5) is 6.98. The van der Waals surface area contributed by atoms with Gasteiger partial charge in [0.15, 0.2) is 0 Å². The van der Waals surface area contributed by atoms with Crippen LogP contribution < -0.4 is 5.73 Å². The lowest BCUT2D eigenvalue weighted by Gasteiger charge is -2.21. The molecule has 2 N–H and O–H groups in total. The van der Waals surface area contributed by atoms with Crippen LogP contribution in [0.2, 0.25) is 0 Å². The van der Waals surface area contributed by atoms with E-state index in [-0.39, 0.29) is 0 Å². The molecule has 0 amide bonds. The molecule has 0 saturated carbocycles. The highest BCUT2D eigenvalue weighted by atomic mass is 15.3. The Morgan fingerprint density at radius 1 is 0.870 bits per heavy atom. The number of aliphatic imine (C=N–C) groups is 1. The predicted molar refractivity (Wildman–Crippen MR) is 103 cm³/mol. The molecule has 1 atom stereocenters. The van der Waals surface area contributed by atoms with Gasteiger partial charge >= 0.3 is 0 Å². The Kier molecular flexibility index (Phi) is 13.6. The van der Waals surface area contributed by atoms with Gasteiger partial charge in [0.2, 0.25) is 0 Å². The average molecular weight is 324 g/mol. The van der Waals surface area contributed by atoms with Gasteiger partial charge in [0.1, 0.15) is 6.17 Å². The summed E-state index contributed by atoms with van der Waals surface area (Å²) in [5.41, 5.74) is 5.65. The second-order valence-corrected chi connectivity index (χ2v) is 7.13. The monoisotopic (exact) mass is 323 g/mol. The Balaban J connectivity index is 1.79. The maximum atomic E-state index is 5.65. The minimum atomic E-state index is 0.422. The number of nitrogens with zero attached hydrogens (tertiary/aromatic N) is 2. The van der Waals surface area contributed by atoms with E-state index in [0.29, 0.717) is 6.17 Å². The lowest BCUT2D eigenvalue weighted by atomic mass is 10.0. The number of rotatable bonds is 16. The molecule has 0 radical (unpaired) electrons. The summed E-state index contributed by atoms with van der Waals surface area (Å²) in [5, 5.41) is 0. The minimum Gasteiger partial charge on any atom is -0.329 e. The van der Waals surface area contributed by atoms with Crippen molar-refractivity contribution in [1.82, 2.24) is 4.90 Å². The van der Waals surface area contributed by atoms with Crippen molar-refractivity contribution >= 4 is 6.21 Å². The Morgan fingerprint density at radius 3 is 1.91 bits per heavy atom. The van der Waals surface area contributed by atoms with E-state index in [1.165, 1.54) is 89.9 Å². The van der Waals surface area contributed by atoms with Crippen LogP contribution in [0.15, 0.2) is 4.99 Å². The van der Waals surface area contributed by atoms with E-state index in [2.05, 4.69) is 23.0 Å². The summed E-state index contributed by atoms with van der Waals surface area (Å²) in [6.45, 7) is 5.03. The van der Waals surface area contributed by atoms with Gasteiger partial charge in [-0.15, -0.1) is 0 Å². The van der Waals surface area contributed by atoms with E-state index in [1.807, 2.05) is 0 Å². The molecule has 3 nitrogen and oxygen atoms in total. The number of nitrogens with two attached hydrogens (primary N) is 1. The fourth-order valence-electron chi connectivity index (χ4n) is 3.50. The fourth-order valence-corrected chi connectivity index (χ4v) is 3.50. The zero-order valence-corrected chi connectivity index (χ0v) is 15.6. The van der Waals surface area contributed by atoms with Gasteiger partial charge in [-0.3, -0.25) is 9.89 Å². The molecule has 1 aliphatic heterocycles. The van der Waals surface area contributed by atoms with Crippen LogP contribution in [-0.4, -0.2) is 36.9 Å². The maximum Gasteiger partial charge on any atom is 0.102 e. The highest BCUT2D eigenvalue weighted by Gasteiger charge is 2.19. The SMILES string of the molecule is CCCCCCCCCCCCCCCC1N=CCN1CCN. The quantitative estimate of drug-likeness (QED) is 0.400. The Labute approximate surface area is 145 Å². The first-order valence-corrected chi connectivity index (χ1v) is 10.3. The van der Waals surface area contributed by atoms with Crippen LogP contribution in [0.4, 0.5) is 0 Å². The number of hydrogen-bond acceptors (Lipinski definition) is 3. The lowest BCUT2D eigenvalue weighted by molar-refractivity contribution is 0.241. The number of hydrogen-bond donors (Lipinski definition) is 1. The van der Waals surface area contributed by atoms with Crippen molar-refractivity contribution in [1.29, 1.82) is 0 Å². The zero-order chi connectivity index (χ0) is 16.6. The zero-order valence-electron chi connectivity index (χ0n) is 15.6. The molecule has 0 spiro atoms. The van der Waals surface area contributed by atoms with Crippen molar-refractivity contribution in [3.8, 4) is 0 Å². The molecule has 0 aliphatic carbocycles. The normalized spacial score (nSPS) is 18.1. The summed E-state index contributed by atoms with van der Waals surface area (Å²) in [5.74, 6) is 0. The molecule has 23 heavy (non-hydrogen) atoms. The van der Waals surface area contributed by atoms with Gasteiger partial charge < -0.3 is 5.73 Å². The Morgan fingerprint density at radius 2 is 1.39 bits per heavy atom. The Hall–Kier alpha value is -0.410. The fraction of sp³-hybridized carbons (Fsp3) is 0.950. The first-order chi connectivity index (χ1) is 11.4. The van der Waals surface area contributed by atoms with E-state index >= 15 is 0 Å². The van der Waals surface area contributed by atoms with Crippen LogP contribution >= 0.6 is 0 Å². The van der Waals surface area contributed by atoms with Crippen molar-refractivity contribution < 1.29 is 0 Å². The van der Waals surface area contributed by atoms with Crippen LogP contribution in [0.5, 0.6) is 0 Å². The summed E-state index contributed by atoms with van der Waals surface area (Å²) < 4.78 is 0. The molecule has 0 aromatic carbocycles. The van der Waals surface area contributed by atoms with Gasteiger partial charge in [0.05, 0.1) is 0 Å². The van der Waals surface area contributed by atoms with Gasteiger partial charge in [-0.25, -0.2) is 0 Å². The summed E-state index contributed by atoms with van der Waals surface area (Å²) in [6, 6.07) is 0. The Bertz CT molecular complexity index is 278. The highest BCUT2D eigenvalue weighted by molar-refractivity contribution is 5.62. The van der Waals surface area contributed by atoms with Crippen molar-refractivity contribution in [3.05, 3.63) is 0 Å². The van der Waals surface area contributed by atoms with E-state index in [4.69, 9.17) is 5.73 Å². The van der Waals surface area contributed by atoms with Gasteiger partial charge in [-0.1, -0.05) is 84.0 Å². The van der Waals surface area contributed by atoms with Crippen LogP contribution in [0.1, 0.15) is 96.8 Å². The standard InChI is InChI=1S/C20H41N3/c1-2-3-4-5-6-7-8-9-10-11-12-13-14-15-20-22-17-19-23(20)18-16-21/h17,20H,2-16,18-19,21H2,1H3. The smallest absolute Gasteiger partial charge is 0.102 e. The molecular formula is C20H41N3. The average Bonchev–Trinajstić information content (AvgIpc) is 2.99. The minimum absolute atomic E-state index is 0.422. The summed E-state index contributed by atoms with van der Waals surface area (Å²) >= 11 is 0. The van der Waals surface area contributed by atoms with E-state index in [9.17, 15) is 0 Å². The van der Waals surface area contributed by atoms with Crippen molar-refractivity contribution in [3.63, 3.8) is 0 Å². The van der Waals surface area contributed by atoms with Crippen LogP contribution in [0.25, 0.3) is 0 Å². The summed E-state index contributed by atoms with van der Waals surface area (Å²) in [6.07, 6.45) is 22.2. The van der Waals surface area contributed by atoms with Crippen molar-refractivity contribution in [2.45, 2.75) is 103 Å². The molecule has 0 fully saturated rings. The molecule has 0 bridgehead atoms. The molecule has 0 saturated heterocycles. The third kappa shape index (κ3) is 10.9. The number of unbranched alkanes of at least 4 members (excludes halogenated alkanes) is 12. The van der Waals surface area contributed by atoms with Crippen LogP contribution in [-0.2, 0) is 0 Å². The van der Waals surface area contributed by atoms with Crippen LogP contribution in [0, 0.1) is 0 Å². The molecule has 0 aromatic rings. The van der Waals surface area contributed by atoms with Gasteiger partial charge in [0, 0.05) is 25.8 Å².